The number of rotatable bonds is 8. The Morgan fingerprint density at radius 3 is 2.47 bits per heavy atom. The fourth-order valence-electron chi connectivity index (χ4n) is 2.95. The van der Waals surface area contributed by atoms with Gasteiger partial charge in [-0.2, -0.15) is 13.5 Å². The lowest BCUT2D eigenvalue weighted by atomic mass is 10.1. The summed E-state index contributed by atoms with van der Waals surface area (Å²) in [6.45, 7) is 3.83. The van der Waals surface area contributed by atoms with Crippen LogP contribution in [0.3, 0.4) is 0 Å². The van der Waals surface area contributed by atoms with Crippen molar-refractivity contribution in [2.75, 3.05) is 7.11 Å². The van der Waals surface area contributed by atoms with Crippen LogP contribution in [-0.4, -0.2) is 27.7 Å². The smallest absolute Gasteiger partial charge is 0.337 e. The second-order valence-electron chi connectivity index (χ2n) is 7.14. The van der Waals surface area contributed by atoms with Crippen LogP contribution in [0.2, 0.25) is 0 Å². The number of hydrazone groups is 1. The summed E-state index contributed by atoms with van der Waals surface area (Å²) in [5.41, 5.74) is 3.42. The van der Waals surface area contributed by atoms with Gasteiger partial charge in [0.15, 0.2) is 0 Å². The number of nitrogens with one attached hydrogen (secondary N) is 1. The normalized spacial score (nSPS) is 11.3. The van der Waals surface area contributed by atoms with E-state index < -0.39 is 16.0 Å². The van der Waals surface area contributed by atoms with Crippen molar-refractivity contribution < 1.29 is 22.7 Å². The predicted octanol–water partition coefficient (Wildman–Crippen LogP) is 3.98. The number of aryl methyl sites for hydroxylation is 2. The summed E-state index contributed by atoms with van der Waals surface area (Å²) in [7, 11) is -2.46. The summed E-state index contributed by atoms with van der Waals surface area (Å²) in [4.78, 5) is 14.0. The highest BCUT2D eigenvalue weighted by Gasteiger charge is 2.16. The molecule has 0 radical (unpaired) electrons. The van der Waals surface area contributed by atoms with Crippen LogP contribution in [0.25, 0.3) is 0 Å². The number of sulfonamides is 1. The van der Waals surface area contributed by atoms with E-state index in [0.29, 0.717) is 22.4 Å². The lowest BCUT2D eigenvalue weighted by molar-refractivity contribution is 0.0600. The molecule has 0 saturated heterocycles. The Kier molecular flexibility index (Phi) is 7.27. The Bertz CT molecular complexity index is 1240. The van der Waals surface area contributed by atoms with E-state index in [-0.39, 0.29) is 11.5 Å². The molecule has 8 heteroatoms. The molecule has 3 rings (SSSR count). The van der Waals surface area contributed by atoms with Crippen molar-refractivity contribution in [2.24, 2.45) is 5.10 Å². The number of nitrogens with zero attached hydrogens (tertiary/aromatic N) is 1. The van der Waals surface area contributed by atoms with Gasteiger partial charge in [-0.15, -0.1) is 0 Å². The Morgan fingerprint density at radius 1 is 1.03 bits per heavy atom. The molecule has 0 saturated carbocycles. The van der Waals surface area contributed by atoms with Gasteiger partial charge in [0.2, 0.25) is 0 Å². The minimum absolute atomic E-state index is 0.189. The first-order valence-corrected chi connectivity index (χ1v) is 11.3. The molecule has 3 aromatic rings. The largest absolute Gasteiger partial charge is 0.488 e. The predicted molar refractivity (Wildman–Crippen MR) is 122 cm³/mol. The third-order valence-corrected chi connectivity index (χ3v) is 6.06. The molecular formula is C24H24N2O5S. The average molecular weight is 453 g/mol. The van der Waals surface area contributed by atoms with Gasteiger partial charge in [-0.05, 0) is 60.9 Å². The SMILES string of the molecule is COC(=O)c1ccc(COc2ccccc2C=NNS(=O)(=O)c2cc(C)ccc2C)cc1. The van der Waals surface area contributed by atoms with Crippen molar-refractivity contribution in [3.05, 3.63) is 94.5 Å². The van der Waals surface area contributed by atoms with Gasteiger partial charge in [-0.1, -0.05) is 36.4 Å². The van der Waals surface area contributed by atoms with E-state index in [1.165, 1.54) is 13.3 Å². The van der Waals surface area contributed by atoms with Crippen LogP contribution < -0.4 is 9.57 Å². The standard InChI is InChI=1S/C24H24N2O5S/c1-17-8-9-18(2)23(14-17)32(28,29)26-25-15-21-6-4-5-7-22(21)31-16-19-10-12-20(13-11-19)24(27)30-3/h4-15,26H,16H2,1-3H3. The van der Waals surface area contributed by atoms with Gasteiger partial charge in [0, 0.05) is 5.56 Å². The lowest BCUT2D eigenvalue weighted by Gasteiger charge is -2.10. The van der Waals surface area contributed by atoms with Crippen LogP contribution >= 0.6 is 0 Å². The number of carbonyl (C=O) groups is 1. The van der Waals surface area contributed by atoms with Crippen LogP contribution in [0, 0.1) is 13.8 Å². The highest BCUT2D eigenvalue weighted by atomic mass is 32.2. The zero-order chi connectivity index (χ0) is 23.1. The van der Waals surface area contributed by atoms with E-state index in [2.05, 4.69) is 14.7 Å². The molecule has 0 amide bonds. The van der Waals surface area contributed by atoms with E-state index in [0.717, 1.165) is 11.1 Å². The summed E-state index contributed by atoms with van der Waals surface area (Å²) in [6, 6.07) is 19.3. The van der Waals surface area contributed by atoms with Crippen LogP contribution in [-0.2, 0) is 21.4 Å². The Morgan fingerprint density at radius 2 is 1.75 bits per heavy atom. The average Bonchev–Trinajstić information content (AvgIpc) is 2.79. The molecule has 1 N–H and O–H groups in total. The number of esters is 1. The van der Waals surface area contributed by atoms with E-state index in [9.17, 15) is 13.2 Å². The molecule has 0 aliphatic heterocycles. The second kappa shape index (κ2) is 10.1. The minimum Gasteiger partial charge on any atom is -0.488 e. The molecule has 0 atom stereocenters. The van der Waals surface area contributed by atoms with Crippen molar-refractivity contribution in [1.29, 1.82) is 0 Å². The molecule has 7 nitrogen and oxygen atoms in total. The van der Waals surface area contributed by atoms with Crippen molar-refractivity contribution in [3.8, 4) is 5.75 Å². The number of benzene rings is 3. The monoisotopic (exact) mass is 452 g/mol. The van der Waals surface area contributed by atoms with Crippen molar-refractivity contribution >= 4 is 22.2 Å². The van der Waals surface area contributed by atoms with Gasteiger partial charge in [0.05, 0.1) is 23.8 Å². The highest BCUT2D eigenvalue weighted by Crippen LogP contribution is 2.19. The summed E-state index contributed by atoms with van der Waals surface area (Å²) in [5.74, 6) is 0.140. The molecule has 0 bridgehead atoms. The number of hydrogen-bond acceptors (Lipinski definition) is 6. The van der Waals surface area contributed by atoms with E-state index in [4.69, 9.17) is 4.74 Å². The molecular weight excluding hydrogens is 428 g/mol. The van der Waals surface area contributed by atoms with Crippen molar-refractivity contribution in [2.45, 2.75) is 25.3 Å². The van der Waals surface area contributed by atoms with Crippen molar-refractivity contribution in [1.82, 2.24) is 4.83 Å². The maximum Gasteiger partial charge on any atom is 0.337 e. The van der Waals surface area contributed by atoms with Gasteiger partial charge < -0.3 is 9.47 Å². The van der Waals surface area contributed by atoms with Crippen molar-refractivity contribution in [3.63, 3.8) is 0 Å². The maximum absolute atomic E-state index is 12.6. The molecule has 3 aromatic carbocycles. The lowest BCUT2D eigenvalue weighted by Crippen LogP contribution is -2.19. The van der Waals surface area contributed by atoms with E-state index >= 15 is 0 Å². The van der Waals surface area contributed by atoms with Crippen LogP contribution in [0.4, 0.5) is 0 Å². The Balaban J connectivity index is 1.69. The fraction of sp³-hybridized carbons (Fsp3) is 0.167. The number of para-hydroxylation sites is 1. The third kappa shape index (κ3) is 5.73. The molecule has 0 aliphatic rings. The van der Waals surface area contributed by atoms with E-state index in [1.54, 1.807) is 61.5 Å². The van der Waals surface area contributed by atoms with Gasteiger partial charge >= 0.3 is 5.97 Å². The molecule has 0 aliphatic carbocycles. The quantitative estimate of drug-likeness (QED) is 0.317. The topological polar surface area (TPSA) is 94.1 Å². The number of carbonyl (C=O) groups excluding carboxylic acids is 1. The Labute approximate surface area is 187 Å². The first kappa shape index (κ1) is 23.0. The summed E-state index contributed by atoms with van der Waals surface area (Å²) >= 11 is 0. The van der Waals surface area contributed by atoms with Gasteiger partial charge in [-0.25, -0.2) is 9.63 Å². The van der Waals surface area contributed by atoms with Crippen LogP contribution in [0.5, 0.6) is 5.75 Å². The number of hydrogen-bond donors (Lipinski definition) is 1. The third-order valence-electron chi connectivity index (χ3n) is 4.70. The first-order valence-electron chi connectivity index (χ1n) is 9.81. The minimum atomic E-state index is -3.79. The summed E-state index contributed by atoms with van der Waals surface area (Å²) < 4.78 is 35.8. The molecule has 0 fully saturated rings. The zero-order valence-electron chi connectivity index (χ0n) is 18.0. The molecule has 0 aromatic heterocycles. The van der Waals surface area contributed by atoms with Crippen LogP contribution in [0.15, 0.2) is 76.7 Å². The summed E-state index contributed by atoms with van der Waals surface area (Å²) in [5, 5.41) is 3.92. The van der Waals surface area contributed by atoms with Crippen LogP contribution in [0.1, 0.15) is 32.6 Å². The van der Waals surface area contributed by atoms with Gasteiger partial charge in [0.25, 0.3) is 10.0 Å². The fourth-order valence-corrected chi connectivity index (χ4v) is 4.07. The summed E-state index contributed by atoms with van der Waals surface area (Å²) in [6.07, 6.45) is 1.40. The molecule has 166 valence electrons. The zero-order valence-corrected chi connectivity index (χ0v) is 18.8. The molecule has 0 heterocycles. The highest BCUT2D eigenvalue weighted by molar-refractivity contribution is 7.89. The second-order valence-corrected chi connectivity index (χ2v) is 8.77. The number of methoxy groups -OCH3 is 1. The molecule has 0 spiro atoms. The molecule has 0 unspecified atom stereocenters. The Hall–Kier alpha value is -3.65. The van der Waals surface area contributed by atoms with E-state index in [1.807, 2.05) is 19.1 Å². The van der Waals surface area contributed by atoms with Gasteiger partial charge in [0.1, 0.15) is 12.4 Å². The molecule has 32 heavy (non-hydrogen) atoms. The first-order chi connectivity index (χ1) is 15.3. The van der Waals surface area contributed by atoms with Gasteiger partial charge in [-0.3, -0.25) is 0 Å². The maximum atomic E-state index is 12.6. The number of ether oxygens (including phenoxy) is 2.